The van der Waals surface area contributed by atoms with Gasteiger partial charge in [0.1, 0.15) is 7.11 Å². The number of nitrogens with zero attached hydrogens (tertiary/aromatic N) is 1. The van der Waals surface area contributed by atoms with E-state index >= 15 is 0 Å². The molecule has 0 saturated heterocycles. The van der Waals surface area contributed by atoms with Gasteiger partial charge < -0.3 is 15.3 Å². The van der Waals surface area contributed by atoms with E-state index in [1.54, 1.807) is 0 Å². The largest absolute Gasteiger partial charge is 0.493 e. The summed E-state index contributed by atoms with van der Waals surface area (Å²) in [5.41, 5.74) is 6.27. The smallest absolute Gasteiger partial charge is 0.272 e. The van der Waals surface area contributed by atoms with E-state index in [1.807, 2.05) is 24.3 Å². The fraction of sp³-hybridized carbons (Fsp3) is 0.182. The third-order valence-electron chi connectivity index (χ3n) is 2.41. The molecular weight excluding hydrogens is 208 g/mol. The minimum absolute atomic E-state index is 0.214. The van der Waals surface area contributed by atoms with Crippen LogP contribution < -0.4 is 15.3 Å². The number of ether oxygens (including phenoxy) is 1. The number of aromatic nitrogens is 1. The molecule has 0 aliphatic heterocycles. The van der Waals surface area contributed by atoms with Gasteiger partial charge in [0.15, 0.2) is 11.4 Å². The topological polar surface area (TPSA) is 66.5 Å². The zero-order valence-corrected chi connectivity index (χ0v) is 9.06. The standard InChI is InChI=1S/C11H12N2O3/c1-15-10-7-5-3-4-6-8(7)13(16-2)9(10)11(12)14/h3-6H,1-2H3,(H2,12,14). The van der Waals surface area contributed by atoms with Crippen molar-refractivity contribution in [1.29, 1.82) is 0 Å². The molecule has 1 amide bonds. The van der Waals surface area contributed by atoms with Crippen molar-refractivity contribution >= 4 is 16.8 Å². The van der Waals surface area contributed by atoms with Crippen LogP contribution in [0, 0.1) is 0 Å². The number of para-hydroxylation sites is 1. The van der Waals surface area contributed by atoms with Crippen LogP contribution in [0.5, 0.6) is 5.75 Å². The first-order valence-electron chi connectivity index (χ1n) is 4.72. The summed E-state index contributed by atoms with van der Waals surface area (Å²) in [6.45, 7) is 0. The lowest BCUT2D eigenvalue weighted by Crippen LogP contribution is -2.20. The van der Waals surface area contributed by atoms with Crippen LogP contribution in [0.1, 0.15) is 10.5 Å². The maximum atomic E-state index is 11.4. The number of hydrogen-bond acceptors (Lipinski definition) is 3. The third-order valence-corrected chi connectivity index (χ3v) is 2.41. The SMILES string of the molecule is COc1c(C(N)=O)n(OC)c2ccccc12. The van der Waals surface area contributed by atoms with E-state index in [1.165, 1.54) is 19.0 Å². The predicted octanol–water partition coefficient (Wildman–Crippen LogP) is 0.807. The second kappa shape index (κ2) is 3.77. The van der Waals surface area contributed by atoms with Gasteiger partial charge in [-0.05, 0) is 12.1 Å². The molecule has 0 atom stereocenters. The van der Waals surface area contributed by atoms with Crippen LogP contribution in [0.3, 0.4) is 0 Å². The number of methoxy groups -OCH3 is 1. The highest BCUT2D eigenvalue weighted by Gasteiger charge is 2.22. The van der Waals surface area contributed by atoms with Crippen LogP contribution in [0.25, 0.3) is 10.9 Å². The van der Waals surface area contributed by atoms with Gasteiger partial charge in [0.05, 0.1) is 12.6 Å². The van der Waals surface area contributed by atoms with Gasteiger partial charge in [-0.1, -0.05) is 12.1 Å². The van der Waals surface area contributed by atoms with Crippen LogP contribution in [-0.2, 0) is 0 Å². The fourth-order valence-electron chi connectivity index (χ4n) is 1.79. The molecule has 0 unspecified atom stereocenters. The van der Waals surface area contributed by atoms with Crippen molar-refractivity contribution in [3.05, 3.63) is 30.0 Å². The Hall–Kier alpha value is -2.17. The van der Waals surface area contributed by atoms with Crippen LogP contribution in [0.4, 0.5) is 0 Å². The minimum atomic E-state index is -0.588. The number of benzene rings is 1. The highest BCUT2D eigenvalue weighted by atomic mass is 16.6. The average molecular weight is 220 g/mol. The zero-order chi connectivity index (χ0) is 11.7. The van der Waals surface area contributed by atoms with Crippen LogP contribution in [-0.4, -0.2) is 24.9 Å². The summed E-state index contributed by atoms with van der Waals surface area (Å²) >= 11 is 0. The van der Waals surface area contributed by atoms with Gasteiger partial charge in [-0.25, -0.2) is 0 Å². The summed E-state index contributed by atoms with van der Waals surface area (Å²) in [5.74, 6) is -0.153. The van der Waals surface area contributed by atoms with Crippen molar-refractivity contribution in [2.24, 2.45) is 5.73 Å². The molecule has 1 heterocycles. The van der Waals surface area contributed by atoms with E-state index in [4.69, 9.17) is 15.3 Å². The van der Waals surface area contributed by atoms with E-state index in [0.29, 0.717) is 5.75 Å². The number of fused-ring (bicyclic) bond motifs is 1. The Kier molecular flexibility index (Phi) is 2.44. The maximum Gasteiger partial charge on any atom is 0.272 e. The minimum Gasteiger partial charge on any atom is -0.493 e. The first-order valence-corrected chi connectivity index (χ1v) is 4.72. The Labute approximate surface area is 92.3 Å². The Bertz CT molecular complexity index is 504. The van der Waals surface area contributed by atoms with Gasteiger partial charge in [-0.2, -0.15) is 4.73 Å². The van der Waals surface area contributed by atoms with Crippen molar-refractivity contribution in [1.82, 2.24) is 4.73 Å². The van der Waals surface area contributed by atoms with Crippen molar-refractivity contribution in [3.8, 4) is 5.75 Å². The van der Waals surface area contributed by atoms with Gasteiger partial charge in [0.25, 0.3) is 5.91 Å². The van der Waals surface area contributed by atoms with Crippen molar-refractivity contribution in [2.45, 2.75) is 0 Å². The normalized spacial score (nSPS) is 10.4. The summed E-state index contributed by atoms with van der Waals surface area (Å²) in [4.78, 5) is 16.5. The maximum absolute atomic E-state index is 11.4. The molecule has 84 valence electrons. The molecule has 0 spiro atoms. The average Bonchev–Trinajstić information content (AvgIpc) is 2.62. The van der Waals surface area contributed by atoms with Gasteiger partial charge in [-0.3, -0.25) is 4.79 Å². The molecule has 1 aromatic carbocycles. The number of primary amides is 1. The molecule has 0 saturated carbocycles. The molecule has 2 rings (SSSR count). The number of carbonyl (C=O) groups is 1. The summed E-state index contributed by atoms with van der Waals surface area (Å²) in [6.07, 6.45) is 0. The van der Waals surface area contributed by atoms with Crippen LogP contribution >= 0.6 is 0 Å². The number of amides is 1. The van der Waals surface area contributed by atoms with E-state index in [9.17, 15) is 4.79 Å². The monoisotopic (exact) mass is 220 g/mol. The Morgan fingerprint density at radius 1 is 1.31 bits per heavy atom. The molecule has 5 nitrogen and oxygen atoms in total. The van der Waals surface area contributed by atoms with Crippen molar-refractivity contribution in [2.75, 3.05) is 14.2 Å². The highest BCUT2D eigenvalue weighted by molar-refractivity contribution is 6.03. The second-order valence-electron chi connectivity index (χ2n) is 3.24. The lowest BCUT2D eigenvalue weighted by molar-refractivity contribution is 0.0944. The summed E-state index contributed by atoms with van der Waals surface area (Å²) in [5, 5.41) is 0.792. The summed E-state index contributed by atoms with van der Waals surface area (Å²) in [6, 6.07) is 7.38. The quantitative estimate of drug-likeness (QED) is 0.832. The number of hydrogen-bond donors (Lipinski definition) is 1. The Morgan fingerprint density at radius 3 is 2.56 bits per heavy atom. The molecule has 0 aliphatic rings. The second-order valence-corrected chi connectivity index (χ2v) is 3.24. The first-order chi connectivity index (χ1) is 7.70. The lowest BCUT2D eigenvalue weighted by Gasteiger charge is -2.05. The number of nitrogens with two attached hydrogens (primary N) is 1. The highest BCUT2D eigenvalue weighted by Crippen LogP contribution is 2.31. The van der Waals surface area contributed by atoms with Crippen molar-refractivity contribution in [3.63, 3.8) is 0 Å². The number of carbonyl (C=O) groups excluding carboxylic acids is 1. The molecular formula is C11H12N2O3. The van der Waals surface area contributed by atoms with E-state index in [-0.39, 0.29) is 5.69 Å². The zero-order valence-electron chi connectivity index (χ0n) is 9.06. The summed E-state index contributed by atoms with van der Waals surface area (Å²) < 4.78 is 6.57. The molecule has 2 aromatic rings. The van der Waals surface area contributed by atoms with E-state index in [0.717, 1.165) is 10.9 Å². The lowest BCUT2D eigenvalue weighted by atomic mass is 10.2. The molecule has 2 N–H and O–H groups in total. The predicted molar refractivity (Wildman–Crippen MR) is 59.5 cm³/mol. The third kappa shape index (κ3) is 1.29. The fourth-order valence-corrected chi connectivity index (χ4v) is 1.79. The van der Waals surface area contributed by atoms with Crippen LogP contribution in [0.2, 0.25) is 0 Å². The van der Waals surface area contributed by atoms with Gasteiger partial charge in [-0.15, -0.1) is 0 Å². The van der Waals surface area contributed by atoms with E-state index in [2.05, 4.69) is 0 Å². The molecule has 0 aliphatic carbocycles. The summed E-state index contributed by atoms with van der Waals surface area (Å²) in [7, 11) is 2.96. The van der Waals surface area contributed by atoms with Gasteiger partial charge >= 0.3 is 0 Å². The first kappa shape index (κ1) is 10.4. The molecule has 0 bridgehead atoms. The molecule has 16 heavy (non-hydrogen) atoms. The van der Waals surface area contributed by atoms with Crippen LogP contribution in [0.15, 0.2) is 24.3 Å². The molecule has 0 radical (unpaired) electrons. The van der Waals surface area contributed by atoms with Crippen molar-refractivity contribution < 1.29 is 14.4 Å². The molecule has 5 heteroatoms. The Morgan fingerprint density at radius 2 is 2.00 bits per heavy atom. The number of rotatable bonds is 3. The molecule has 0 fully saturated rings. The van der Waals surface area contributed by atoms with E-state index < -0.39 is 5.91 Å². The Balaban J connectivity index is 2.89. The van der Waals surface area contributed by atoms with Gasteiger partial charge in [0.2, 0.25) is 0 Å². The molecule has 1 aromatic heterocycles. The van der Waals surface area contributed by atoms with Gasteiger partial charge in [0, 0.05) is 5.39 Å².